The zero-order chi connectivity index (χ0) is 14.3. The molecule has 20 heavy (non-hydrogen) atoms. The number of carbonyl (C=O) groups is 1. The molecule has 1 aliphatic rings. The number of hydrogen-bond acceptors (Lipinski definition) is 2. The van der Waals surface area contributed by atoms with Crippen LogP contribution in [0.15, 0.2) is 36.4 Å². The highest BCUT2D eigenvalue weighted by Crippen LogP contribution is 2.36. The summed E-state index contributed by atoms with van der Waals surface area (Å²) in [6.45, 7) is 6.28. The molecule has 3 rings (SSSR count). The van der Waals surface area contributed by atoms with Crippen molar-refractivity contribution in [3.63, 3.8) is 0 Å². The summed E-state index contributed by atoms with van der Waals surface area (Å²) in [7, 11) is 0. The van der Waals surface area contributed by atoms with Crippen LogP contribution in [0.3, 0.4) is 0 Å². The van der Waals surface area contributed by atoms with Crippen LogP contribution in [0.2, 0.25) is 0 Å². The molecule has 102 valence electrons. The number of Topliss-reactive ketones (excluding diaryl/α,β-unsaturated/α-hetero) is 1. The zero-order valence-electron chi connectivity index (χ0n) is 12.1. The smallest absolute Gasteiger partial charge is 0.170 e. The summed E-state index contributed by atoms with van der Waals surface area (Å²) in [5.74, 6) is 0.862. The summed E-state index contributed by atoms with van der Waals surface area (Å²) in [4.78, 5) is 12.3. The van der Waals surface area contributed by atoms with Crippen molar-refractivity contribution in [2.75, 3.05) is 0 Å². The molecule has 2 heteroatoms. The Morgan fingerprint density at radius 2 is 1.70 bits per heavy atom. The summed E-state index contributed by atoms with van der Waals surface area (Å²) < 4.78 is 6.04. The second-order valence-electron chi connectivity index (χ2n) is 5.52. The number of ether oxygens (including phenoxy) is 1. The molecule has 0 amide bonds. The molecule has 0 N–H and O–H groups in total. The van der Waals surface area contributed by atoms with Gasteiger partial charge in [0.15, 0.2) is 5.78 Å². The second kappa shape index (κ2) is 4.78. The number of para-hydroxylation sites is 1. The molecular weight excluding hydrogens is 248 g/mol. The van der Waals surface area contributed by atoms with Crippen LogP contribution < -0.4 is 4.74 Å². The molecule has 2 aromatic rings. The molecule has 0 radical (unpaired) electrons. The monoisotopic (exact) mass is 266 g/mol. The Morgan fingerprint density at radius 1 is 1.00 bits per heavy atom. The Hall–Kier alpha value is -2.09. The van der Waals surface area contributed by atoms with Crippen LogP contribution >= 0.6 is 0 Å². The van der Waals surface area contributed by atoms with Crippen molar-refractivity contribution < 1.29 is 9.53 Å². The predicted molar refractivity (Wildman–Crippen MR) is 79.4 cm³/mol. The fourth-order valence-corrected chi connectivity index (χ4v) is 2.78. The van der Waals surface area contributed by atoms with E-state index in [-0.39, 0.29) is 11.9 Å². The van der Waals surface area contributed by atoms with Gasteiger partial charge in [-0.1, -0.05) is 24.3 Å². The van der Waals surface area contributed by atoms with Gasteiger partial charge in [-0.25, -0.2) is 0 Å². The van der Waals surface area contributed by atoms with Gasteiger partial charge in [-0.15, -0.1) is 0 Å². The summed E-state index contributed by atoms with van der Waals surface area (Å²) >= 11 is 0. The van der Waals surface area contributed by atoms with Crippen LogP contribution in [0.25, 0.3) is 0 Å². The van der Waals surface area contributed by atoms with Crippen molar-refractivity contribution in [3.05, 3.63) is 64.2 Å². The molecule has 1 atom stereocenters. The summed E-state index contributed by atoms with van der Waals surface area (Å²) in [5, 5.41) is 0. The maximum atomic E-state index is 12.3. The molecule has 0 aromatic heterocycles. The average molecular weight is 266 g/mol. The molecule has 1 heterocycles. The van der Waals surface area contributed by atoms with E-state index < -0.39 is 0 Å². The van der Waals surface area contributed by atoms with E-state index in [1.165, 1.54) is 16.7 Å². The Labute approximate surface area is 119 Å². The maximum Gasteiger partial charge on any atom is 0.170 e. The minimum absolute atomic E-state index is 0.162. The molecule has 1 aliphatic heterocycles. The van der Waals surface area contributed by atoms with Gasteiger partial charge in [0.2, 0.25) is 0 Å². The van der Waals surface area contributed by atoms with Gasteiger partial charge in [0.25, 0.3) is 0 Å². The topological polar surface area (TPSA) is 26.3 Å². The summed E-state index contributed by atoms with van der Waals surface area (Å²) in [6.07, 6.45) is 0.247. The molecule has 2 aromatic carbocycles. The van der Waals surface area contributed by atoms with Gasteiger partial charge in [0.05, 0.1) is 12.0 Å². The normalized spacial score (nSPS) is 17.6. The number of benzene rings is 2. The number of ketones is 1. The van der Waals surface area contributed by atoms with Crippen molar-refractivity contribution in [1.29, 1.82) is 0 Å². The van der Waals surface area contributed by atoms with E-state index in [2.05, 4.69) is 32.9 Å². The van der Waals surface area contributed by atoms with Gasteiger partial charge in [-0.3, -0.25) is 4.79 Å². The lowest BCUT2D eigenvalue weighted by Crippen LogP contribution is -2.21. The molecular formula is C18H18O2. The third-order valence-electron chi connectivity index (χ3n) is 4.06. The van der Waals surface area contributed by atoms with Gasteiger partial charge in [0.1, 0.15) is 11.9 Å². The number of hydrogen-bond donors (Lipinski definition) is 0. The maximum absolute atomic E-state index is 12.3. The van der Waals surface area contributed by atoms with E-state index in [9.17, 15) is 4.79 Å². The minimum Gasteiger partial charge on any atom is -0.484 e. The van der Waals surface area contributed by atoms with Gasteiger partial charge in [-0.05, 0) is 55.2 Å². The van der Waals surface area contributed by atoms with E-state index in [0.717, 1.165) is 5.56 Å². The van der Waals surface area contributed by atoms with Gasteiger partial charge >= 0.3 is 0 Å². The van der Waals surface area contributed by atoms with Crippen molar-refractivity contribution in [3.8, 4) is 5.75 Å². The lowest BCUT2D eigenvalue weighted by Gasteiger charge is -2.27. The SMILES string of the molecule is Cc1cc(C)c(C2CC(=O)c3ccccc3O2)cc1C. The standard InChI is InChI=1S/C18H18O2/c1-11-8-13(3)15(9-12(11)2)18-10-16(19)14-6-4-5-7-17(14)20-18/h4-9,18H,10H2,1-3H3. The Bertz CT molecular complexity index is 686. The highest BCUT2D eigenvalue weighted by molar-refractivity contribution is 6.00. The Morgan fingerprint density at radius 3 is 2.50 bits per heavy atom. The zero-order valence-corrected chi connectivity index (χ0v) is 12.1. The van der Waals surface area contributed by atoms with Gasteiger partial charge in [0, 0.05) is 0 Å². The summed E-state index contributed by atoms with van der Waals surface area (Å²) in [6, 6.07) is 11.8. The van der Waals surface area contributed by atoms with Crippen molar-refractivity contribution in [1.82, 2.24) is 0 Å². The highest BCUT2D eigenvalue weighted by Gasteiger charge is 2.28. The molecule has 0 bridgehead atoms. The fraction of sp³-hybridized carbons (Fsp3) is 0.278. The molecule has 0 fully saturated rings. The first kappa shape index (κ1) is 12.9. The first-order chi connectivity index (χ1) is 9.56. The van der Waals surface area contributed by atoms with Crippen molar-refractivity contribution in [2.45, 2.75) is 33.3 Å². The second-order valence-corrected chi connectivity index (χ2v) is 5.52. The molecule has 1 unspecified atom stereocenters. The number of carbonyl (C=O) groups excluding carboxylic acids is 1. The first-order valence-electron chi connectivity index (χ1n) is 6.93. The molecule has 0 saturated heterocycles. The Kier molecular flexibility index (Phi) is 3.09. The lowest BCUT2D eigenvalue weighted by atomic mass is 9.91. The third-order valence-corrected chi connectivity index (χ3v) is 4.06. The van der Waals surface area contributed by atoms with E-state index in [0.29, 0.717) is 17.7 Å². The largest absolute Gasteiger partial charge is 0.484 e. The average Bonchev–Trinajstić information content (AvgIpc) is 2.43. The highest BCUT2D eigenvalue weighted by atomic mass is 16.5. The van der Waals surface area contributed by atoms with Crippen LogP contribution in [0.5, 0.6) is 5.75 Å². The van der Waals surface area contributed by atoms with E-state index >= 15 is 0 Å². The van der Waals surface area contributed by atoms with Gasteiger partial charge < -0.3 is 4.74 Å². The first-order valence-corrected chi connectivity index (χ1v) is 6.93. The van der Waals surface area contributed by atoms with Crippen LogP contribution in [0.1, 0.15) is 45.1 Å². The Balaban J connectivity index is 2.02. The predicted octanol–water partition coefficient (Wildman–Crippen LogP) is 4.32. The molecule has 2 nitrogen and oxygen atoms in total. The van der Waals surface area contributed by atoms with Crippen molar-refractivity contribution in [2.24, 2.45) is 0 Å². The number of aryl methyl sites for hydroxylation is 3. The lowest BCUT2D eigenvalue weighted by molar-refractivity contribution is 0.0849. The molecule has 0 aliphatic carbocycles. The van der Waals surface area contributed by atoms with Crippen LogP contribution in [0, 0.1) is 20.8 Å². The van der Waals surface area contributed by atoms with Crippen LogP contribution in [-0.4, -0.2) is 5.78 Å². The molecule has 0 spiro atoms. The third kappa shape index (κ3) is 2.11. The number of rotatable bonds is 1. The van der Waals surface area contributed by atoms with Gasteiger partial charge in [-0.2, -0.15) is 0 Å². The number of fused-ring (bicyclic) bond motifs is 1. The van der Waals surface area contributed by atoms with Crippen LogP contribution in [0.4, 0.5) is 0 Å². The van der Waals surface area contributed by atoms with E-state index in [4.69, 9.17) is 4.74 Å². The molecule has 0 saturated carbocycles. The van der Waals surface area contributed by atoms with Crippen molar-refractivity contribution >= 4 is 5.78 Å². The minimum atomic E-state index is -0.170. The van der Waals surface area contributed by atoms with E-state index in [1.54, 1.807) is 0 Å². The fourth-order valence-electron chi connectivity index (χ4n) is 2.78. The summed E-state index contributed by atoms with van der Waals surface area (Å²) in [5.41, 5.74) is 5.51. The van der Waals surface area contributed by atoms with Crippen LogP contribution in [-0.2, 0) is 0 Å². The quantitative estimate of drug-likeness (QED) is 0.768. The van der Waals surface area contributed by atoms with E-state index in [1.807, 2.05) is 24.3 Å².